The summed E-state index contributed by atoms with van der Waals surface area (Å²) in [6.45, 7) is 0. The normalized spacial score (nSPS) is 15.1. The molecule has 0 saturated carbocycles. The lowest BCUT2D eigenvalue weighted by Gasteiger charge is -2.08. The summed E-state index contributed by atoms with van der Waals surface area (Å²) in [4.78, 5) is 10.4. The van der Waals surface area contributed by atoms with Crippen LogP contribution in [0.2, 0.25) is 0 Å². The molecule has 1 heterocycles. The number of aryl methyl sites for hydroxylation is 2. The molecule has 2 rings (SSSR count). The number of carboxylic acid groups (broad SMARTS) is 1. The molecule has 0 unspecified atom stereocenters. The third-order valence-electron chi connectivity index (χ3n) is 2.61. The minimum Gasteiger partial charge on any atom is -0.481 e. The zero-order valence-electron chi connectivity index (χ0n) is 7.95. The highest BCUT2D eigenvalue weighted by atomic mass is 16.5. The van der Waals surface area contributed by atoms with Gasteiger partial charge in [-0.15, -0.1) is 0 Å². The third kappa shape index (κ3) is 1.78. The number of carbonyl (C=O) groups is 1. The van der Waals surface area contributed by atoms with Crippen molar-refractivity contribution < 1.29 is 14.4 Å². The zero-order valence-corrected chi connectivity index (χ0v) is 7.95. The monoisotopic (exact) mass is 195 g/mol. The summed E-state index contributed by atoms with van der Waals surface area (Å²) in [7, 11) is 0. The standard InChI is InChI=1S/C10H13NO3/c12-10(13)6-5-8-7-3-1-2-4-9(7)14-11-8/h1-6H2,(H,12,13). The Morgan fingerprint density at radius 1 is 1.43 bits per heavy atom. The van der Waals surface area contributed by atoms with Crippen molar-refractivity contribution in [2.45, 2.75) is 38.5 Å². The maximum Gasteiger partial charge on any atom is 0.303 e. The molecule has 1 aliphatic carbocycles. The van der Waals surface area contributed by atoms with E-state index in [1.54, 1.807) is 0 Å². The summed E-state index contributed by atoms with van der Waals surface area (Å²) in [6, 6.07) is 0. The van der Waals surface area contributed by atoms with E-state index in [4.69, 9.17) is 9.63 Å². The van der Waals surface area contributed by atoms with E-state index in [1.807, 2.05) is 0 Å². The van der Waals surface area contributed by atoms with Crippen LogP contribution in [0.5, 0.6) is 0 Å². The highest BCUT2D eigenvalue weighted by Crippen LogP contribution is 2.24. The predicted octanol–water partition coefficient (Wildman–Crippen LogP) is 1.57. The Kier molecular flexibility index (Phi) is 2.52. The lowest BCUT2D eigenvalue weighted by Crippen LogP contribution is -2.04. The van der Waals surface area contributed by atoms with E-state index in [0.29, 0.717) is 6.42 Å². The molecular formula is C10H13NO3. The maximum atomic E-state index is 10.4. The van der Waals surface area contributed by atoms with E-state index in [1.165, 1.54) is 0 Å². The lowest BCUT2D eigenvalue weighted by molar-refractivity contribution is -0.136. The van der Waals surface area contributed by atoms with Gasteiger partial charge in [0, 0.05) is 18.4 Å². The largest absolute Gasteiger partial charge is 0.481 e. The van der Waals surface area contributed by atoms with Crippen molar-refractivity contribution in [2.75, 3.05) is 0 Å². The molecular weight excluding hydrogens is 182 g/mol. The van der Waals surface area contributed by atoms with Gasteiger partial charge < -0.3 is 9.63 Å². The second kappa shape index (κ2) is 3.82. The molecule has 1 aromatic heterocycles. The van der Waals surface area contributed by atoms with Crippen molar-refractivity contribution in [3.63, 3.8) is 0 Å². The van der Waals surface area contributed by atoms with Gasteiger partial charge >= 0.3 is 5.97 Å². The first-order chi connectivity index (χ1) is 6.77. The van der Waals surface area contributed by atoms with Crippen LogP contribution in [-0.2, 0) is 24.1 Å². The number of aromatic nitrogens is 1. The van der Waals surface area contributed by atoms with Crippen molar-refractivity contribution in [3.8, 4) is 0 Å². The van der Waals surface area contributed by atoms with Crippen LogP contribution in [0.3, 0.4) is 0 Å². The first-order valence-corrected chi connectivity index (χ1v) is 4.95. The molecule has 0 saturated heterocycles. The van der Waals surface area contributed by atoms with Crippen LogP contribution >= 0.6 is 0 Å². The fraction of sp³-hybridized carbons (Fsp3) is 0.600. The molecule has 0 atom stereocenters. The maximum absolute atomic E-state index is 10.4. The SMILES string of the molecule is O=C(O)CCc1noc2c1CCCC2. The Hall–Kier alpha value is -1.32. The number of rotatable bonds is 3. The number of hydrogen-bond acceptors (Lipinski definition) is 3. The molecule has 76 valence electrons. The van der Waals surface area contributed by atoms with Crippen LogP contribution < -0.4 is 0 Å². The van der Waals surface area contributed by atoms with Crippen molar-refractivity contribution in [3.05, 3.63) is 17.0 Å². The molecule has 1 aromatic rings. The molecule has 0 bridgehead atoms. The quantitative estimate of drug-likeness (QED) is 0.795. The van der Waals surface area contributed by atoms with Gasteiger partial charge in [0.05, 0.1) is 12.1 Å². The number of aliphatic carboxylic acids is 1. The topological polar surface area (TPSA) is 63.3 Å². The fourth-order valence-corrected chi connectivity index (χ4v) is 1.87. The van der Waals surface area contributed by atoms with Gasteiger partial charge in [0.1, 0.15) is 5.76 Å². The van der Waals surface area contributed by atoms with Crippen LogP contribution in [0.4, 0.5) is 0 Å². The van der Waals surface area contributed by atoms with Crippen LogP contribution in [0.15, 0.2) is 4.52 Å². The summed E-state index contributed by atoms with van der Waals surface area (Å²) in [5.41, 5.74) is 2.01. The Bertz CT molecular complexity index is 343. The van der Waals surface area contributed by atoms with Gasteiger partial charge in [-0.25, -0.2) is 0 Å². The van der Waals surface area contributed by atoms with Crippen molar-refractivity contribution in [1.82, 2.24) is 5.16 Å². The number of fused-ring (bicyclic) bond motifs is 1. The van der Waals surface area contributed by atoms with Crippen LogP contribution in [0.1, 0.15) is 36.3 Å². The molecule has 0 radical (unpaired) electrons. The van der Waals surface area contributed by atoms with E-state index in [-0.39, 0.29) is 6.42 Å². The average molecular weight is 195 g/mol. The van der Waals surface area contributed by atoms with Crippen molar-refractivity contribution >= 4 is 5.97 Å². The molecule has 0 amide bonds. The Morgan fingerprint density at radius 3 is 3.00 bits per heavy atom. The molecule has 1 aliphatic rings. The minimum absolute atomic E-state index is 0.138. The highest BCUT2D eigenvalue weighted by molar-refractivity contribution is 5.67. The van der Waals surface area contributed by atoms with Gasteiger partial charge in [0.2, 0.25) is 0 Å². The molecule has 0 aromatic carbocycles. The fourth-order valence-electron chi connectivity index (χ4n) is 1.87. The predicted molar refractivity (Wildman–Crippen MR) is 49.1 cm³/mol. The number of carboxylic acids is 1. The summed E-state index contributed by atoms with van der Waals surface area (Å²) in [5.74, 6) is 0.189. The van der Waals surface area contributed by atoms with Gasteiger partial charge in [-0.2, -0.15) is 0 Å². The van der Waals surface area contributed by atoms with E-state index in [9.17, 15) is 4.79 Å². The van der Waals surface area contributed by atoms with Gasteiger partial charge in [-0.1, -0.05) is 5.16 Å². The molecule has 4 heteroatoms. The summed E-state index contributed by atoms with van der Waals surface area (Å²) in [6.07, 6.45) is 4.89. The summed E-state index contributed by atoms with van der Waals surface area (Å²) >= 11 is 0. The minimum atomic E-state index is -0.780. The van der Waals surface area contributed by atoms with E-state index < -0.39 is 5.97 Å². The van der Waals surface area contributed by atoms with Gasteiger partial charge in [-0.05, 0) is 19.3 Å². The summed E-state index contributed by atoms with van der Waals surface area (Å²) < 4.78 is 5.18. The molecule has 1 N–H and O–H groups in total. The Morgan fingerprint density at radius 2 is 2.21 bits per heavy atom. The number of hydrogen-bond donors (Lipinski definition) is 1. The average Bonchev–Trinajstić information content (AvgIpc) is 2.58. The van der Waals surface area contributed by atoms with E-state index in [0.717, 1.165) is 42.7 Å². The Labute approximate surface area is 81.9 Å². The smallest absolute Gasteiger partial charge is 0.303 e. The second-order valence-electron chi connectivity index (χ2n) is 3.63. The van der Waals surface area contributed by atoms with Crippen LogP contribution in [0, 0.1) is 0 Å². The number of nitrogens with zero attached hydrogens (tertiary/aromatic N) is 1. The van der Waals surface area contributed by atoms with Gasteiger partial charge in [0.25, 0.3) is 0 Å². The molecule has 4 nitrogen and oxygen atoms in total. The third-order valence-corrected chi connectivity index (χ3v) is 2.61. The van der Waals surface area contributed by atoms with Crippen LogP contribution in [0.25, 0.3) is 0 Å². The first-order valence-electron chi connectivity index (χ1n) is 4.95. The van der Waals surface area contributed by atoms with E-state index in [2.05, 4.69) is 5.16 Å². The molecule has 0 fully saturated rings. The lowest BCUT2D eigenvalue weighted by atomic mass is 9.95. The molecule has 14 heavy (non-hydrogen) atoms. The van der Waals surface area contributed by atoms with Gasteiger partial charge in [0.15, 0.2) is 0 Å². The van der Waals surface area contributed by atoms with Gasteiger partial charge in [-0.3, -0.25) is 4.79 Å². The van der Waals surface area contributed by atoms with Crippen molar-refractivity contribution in [2.24, 2.45) is 0 Å². The molecule has 0 aliphatic heterocycles. The zero-order chi connectivity index (χ0) is 9.97. The highest BCUT2D eigenvalue weighted by Gasteiger charge is 2.19. The summed E-state index contributed by atoms with van der Waals surface area (Å²) in [5, 5.41) is 12.5. The van der Waals surface area contributed by atoms with E-state index >= 15 is 0 Å². The second-order valence-corrected chi connectivity index (χ2v) is 3.63. The van der Waals surface area contributed by atoms with Crippen molar-refractivity contribution in [1.29, 1.82) is 0 Å². The molecule has 0 spiro atoms. The first kappa shape index (κ1) is 9.24. The Balaban J connectivity index is 2.10. The van der Waals surface area contributed by atoms with Crippen LogP contribution in [-0.4, -0.2) is 16.2 Å².